The number of carbonyl (C=O) groups excluding carboxylic acids is 1. The molecule has 0 fully saturated rings. The van der Waals surface area contributed by atoms with Gasteiger partial charge >= 0.3 is 0 Å². The van der Waals surface area contributed by atoms with Crippen LogP contribution in [0.15, 0.2) is 59.7 Å². The van der Waals surface area contributed by atoms with Crippen molar-refractivity contribution in [1.82, 2.24) is 9.55 Å². The van der Waals surface area contributed by atoms with Crippen LogP contribution in [-0.4, -0.2) is 22.0 Å². The Morgan fingerprint density at radius 3 is 2.89 bits per heavy atom. The Morgan fingerprint density at radius 1 is 1.33 bits per heavy atom. The number of benzene rings is 1. The maximum Gasteiger partial charge on any atom is 0.263 e. The van der Waals surface area contributed by atoms with Crippen LogP contribution < -0.4 is 4.90 Å². The lowest BCUT2D eigenvalue weighted by Crippen LogP contribution is -2.32. The highest BCUT2D eigenvalue weighted by Crippen LogP contribution is 2.33. The number of aromatic nitrogens is 2. The van der Waals surface area contributed by atoms with E-state index in [1.54, 1.807) is 11.0 Å². The van der Waals surface area contributed by atoms with Gasteiger partial charge in [0.05, 0.1) is 22.0 Å². The predicted octanol–water partition coefficient (Wildman–Crippen LogP) is 5.39. The summed E-state index contributed by atoms with van der Waals surface area (Å²) in [5, 5.41) is 1.35. The minimum Gasteiger partial charge on any atom is -0.472 e. The Kier molecular flexibility index (Phi) is 5.01. The van der Waals surface area contributed by atoms with E-state index in [-0.39, 0.29) is 5.91 Å². The first-order chi connectivity index (χ1) is 13.1. The highest BCUT2D eigenvalue weighted by molar-refractivity contribution is 7.22. The van der Waals surface area contributed by atoms with E-state index >= 15 is 0 Å². The standard InChI is InChI=1S/C20H18ClN3O2S/c1-14-11-16(21)12-17-18(14)22-20(27-17)24(19(25)15-5-10-26-13-15)9-4-8-23-6-2-3-7-23/h2-3,5-7,10-13H,4,8-9H2,1H3. The number of anilines is 1. The van der Waals surface area contributed by atoms with Gasteiger partial charge in [-0.25, -0.2) is 4.98 Å². The normalized spacial score (nSPS) is 11.2. The van der Waals surface area contributed by atoms with Crippen molar-refractivity contribution in [3.63, 3.8) is 0 Å². The van der Waals surface area contributed by atoms with E-state index in [9.17, 15) is 4.79 Å². The lowest BCUT2D eigenvalue weighted by Gasteiger charge is -2.19. The van der Waals surface area contributed by atoms with Crippen LogP contribution in [0.1, 0.15) is 22.3 Å². The van der Waals surface area contributed by atoms with E-state index in [0.717, 1.165) is 28.7 Å². The predicted molar refractivity (Wildman–Crippen MR) is 109 cm³/mol. The summed E-state index contributed by atoms with van der Waals surface area (Å²) in [6.07, 6.45) is 7.83. The fourth-order valence-electron chi connectivity index (χ4n) is 3.01. The topological polar surface area (TPSA) is 51.3 Å². The minimum absolute atomic E-state index is 0.112. The molecule has 0 spiro atoms. The average Bonchev–Trinajstić information content (AvgIpc) is 3.38. The molecule has 1 amide bonds. The molecule has 0 unspecified atom stereocenters. The monoisotopic (exact) mass is 399 g/mol. The molecule has 0 aliphatic carbocycles. The molecular weight excluding hydrogens is 382 g/mol. The number of hydrogen-bond donors (Lipinski definition) is 0. The van der Waals surface area contributed by atoms with E-state index in [1.165, 1.54) is 23.9 Å². The van der Waals surface area contributed by atoms with Gasteiger partial charge < -0.3 is 8.98 Å². The molecule has 0 saturated carbocycles. The molecule has 3 aromatic heterocycles. The van der Waals surface area contributed by atoms with Gasteiger partial charge in [-0.2, -0.15) is 0 Å². The van der Waals surface area contributed by atoms with E-state index in [4.69, 9.17) is 21.0 Å². The zero-order valence-corrected chi connectivity index (χ0v) is 16.3. The molecule has 5 nitrogen and oxygen atoms in total. The van der Waals surface area contributed by atoms with Crippen LogP contribution in [0.4, 0.5) is 5.13 Å². The summed E-state index contributed by atoms with van der Waals surface area (Å²) in [6.45, 7) is 3.37. The Labute approximate surface area is 165 Å². The van der Waals surface area contributed by atoms with E-state index in [1.807, 2.05) is 43.6 Å². The maximum absolute atomic E-state index is 13.0. The van der Waals surface area contributed by atoms with Crippen molar-refractivity contribution in [3.8, 4) is 0 Å². The third-order valence-electron chi connectivity index (χ3n) is 4.35. The smallest absolute Gasteiger partial charge is 0.263 e. The Balaban J connectivity index is 1.64. The van der Waals surface area contributed by atoms with Crippen LogP contribution >= 0.6 is 22.9 Å². The maximum atomic E-state index is 13.0. The molecule has 0 aliphatic heterocycles. The molecular formula is C20H18ClN3O2S. The summed E-state index contributed by atoms with van der Waals surface area (Å²) in [5.74, 6) is -0.112. The molecule has 4 rings (SSSR count). The molecule has 0 radical (unpaired) electrons. The van der Waals surface area contributed by atoms with Crippen LogP contribution in [0.2, 0.25) is 5.02 Å². The van der Waals surface area contributed by atoms with Crippen LogP contribution in [0.5, 0.6) is 0 Å². The lowest BCUT2D eigenvalue weighted by atomic mass is 10.2. The largest absolute Gasteiger partial charge is 0.472 e. The van der Waals surface area contributed by atoms with Crippen molar-refractivity contribution >= 4 is 44.2 Å². The van der Waals surface area contributed by atoms with Gasteiger partial charge in [-0.05, 0) is 49.2 Å². The van der Waals surface area contributed by atoms with Crippen molar-refractivity contribution in [3.05, 3.63) is 71.4 Å². The zero-order valence-electron chi connectivity index (χ0n) is 14.8. The first-order valence-electron chi connectivity index (χ1n) is 8.63. The third kappa shape index (κ3) is 3.77. The molecule has 3 heterocycles. The molecule has 0 bridgehead atoms. The van der Waals surface area contributed by atoms with Crippen LogP contribution in [-0.2, 0) is 6.54 Å². The van der Waals surface area contributed by atoms with Gasteiger partial charge in [-0.15, -0.1) is 0 Å². The third-order valence-corrected chi connectivity index (χ3v) is 5.59. The number of thiazole rings is 1. The number of fused-ring (bicyclic) bond motifs is 1. The Bertz CT molecular complexity index is 1050. The molecule has 27 heavy (non-hydrogen) atoms. The van der Waals surface area contributed by atoms with Crippen molar-refractivity contribution in [1.29, 1.82) is 0 Å². The lowest BCUT2D eigenvalue weighted by molar-refractivity contribution is 0.0985. The van der Waals surface area contributed by atoms with Crippen molar-refractivity contribution in [2.24, 2.45) is 0 Å². The molecule has 4 aromatic rings. The number of hydrogen-bond acceptors (Lipinski definition) is 4. The van der Waals surface area contributed by atoms with Gasteiger partial charge in [0.2, 0.25) is 0 Å². The molecule has 1 aromatic carbocycles. The second kappa shape index (κ2) is 7.58. The molecule has 0 N–H and O–H groups in total. The summed E-state index contributed by atoms with van der Waals surface area (Å²) in [7, 11) is 0. The van der Waals surface area contributed by atoms with E-state index in [0.29, 0.717) is 22.3 Å². The fraction of sp³-hybridized carbons (Fsp3) is 0.200. The van der Waals surface area contributed by atoms with Crippen LogP contribution in [0, 0.1) is 6.92 Å². The highest BCUT2D eigenvalue weighted by atomic mass is 35.5. The van der Waals surface area contributed by atoms with Crippen molar-refractivity contribution in [2.45, 2.75) is 19.9 Å². The van der Waals surface area contributed by atoms with Crippen molar-refractivity contribution in [2.75, 3.05) is 11.4 Å². The highest BCUT2D eigenvalue weighted by Gasteiger charge is 2.22. The molecule has 138 valence electrons. The number of rotatable bonds is 6. The van der Waals surface area contributed by atoms with Gasteiger partial charge in [0, 0.05) is 30.5 Å². The van der Waals surface area contributed by atoms with Gasteiger partial charge in [0.15, 0.2) is 5.13 Å². The second-order valence-electron chi connectivity index (χ2n) is 6.31. The summed E-state index contributed by atoms with van der Waals surface area (Å²) in [5.41, 5.74) is 2.41. The molecule has 0 saturated heterocycles. The SMILES string of the molecule is Cc1cc(Cl)cc2sc(N(CCCn3cccc3)C(=O)c3ccoc3)nc12. The number of amides is 1. The van der Waals surface area contributed by atoms with Crippen molar-refractivity contribution < 1.29 is 9.21 Å². The summed E-state index contributed by atoms with van der Waals surface area (Å²) >= 11 is 7.66. The number of halogens is 1. The van der Waals surface area contributed by atoms with Crippen LogP contribution in [0.3, 0.4) is 0 Å². The first-order valence-corrected chi connectivity index (χ1v) is 9.83. The molecule has 0 atom stereocenters. The zero-order chi connectivity index (χ0) is 18.8. The summed E-state index contributed by atoms with van der Waals surface area (Å²) in [6, 6.07) is 9.45. The van der Waals surface area contributed by atoms with Gasteiger partial charge in [0.25, 0.3) is 5.91 Å². The second-order valence-corrected chi connectivity index (χ2v) is 7.75. The number of carbonyl (C=O) groups is 1. The fourth-order valence-corrected chi connectivity index (χ4v) is 4.46. The van der Waals surface area contributed by atoms with E-state index in [2.05, 4.69) is 4.57 Å². The van der Waals surface area contributed by atoms with Crippen LogP contribution in [0.25, 0.3) is 10.2 Å². The average molecular weight is 400 g/mol. The van der Waals surface area contributed by atoms with Gasteiger partial charge in [-0.3, -0.25) is 9.69 Å². The molecule has 7 heteroatoms. The summed E-state index contributed by atoms with van der Waals surface area (Å²) < 4.78 is 8.17. The Morgan fingerprint density at radius 2 is 2.15 bits per heavy atom. The number of aryl methyl sites for hydroxylation is 2. The van der Waals surface area contributed by atoms with Gasteiger partial charge in [0.1, 0.15) is 6.26 Å². The number of furan rings is 1. The minimum atomic E-state index is -0.112. The molecule has 0 aliphatic rings. The summed E-state index contributed by atoms with van der Waals surface area (Å²) in [4.78, 5) is 19.5. The van der Waals surface area contributed by atoms with Gasteiger partial charge in [-0.1, -0.05) is 22.9 Å². The quantitative estimate of drug-likeness (QED) is 0.436. The number of nitrogens with zero attached hydrogens (tertiary/aromatic N) is 3. The Hall–Kier alpha value is -2.57. The first kappa shape index (κ1) is 17.8. The van der Waals surface area contributed by atoms with E-state index < -0.39 is 0 Å².